The Bertz CT molecular complexity index is 1780. The van der Waals surface area contributed by atoms with Crippen LogP contribution in [0.4, 0.5) is 0 Å². The molecular formula is C40H28ClNO5. The minimum atomic E-state index is -4.94. The summed E-state index contributed by atoms with van der Waals surface area (Å²) in [4.78, 5) is 5.03. The van der Waals surface area contributed by atoms with E-state index in [1.807, 2.05) is 48.5 Å². The molecule has 0 spiro atoms. The molecule has 7 heteroatoms. The van der Waals surface area contributed by atoms with E-state index in [0.717, 1.165) is 67.4 Å². The third-order valence-corrected chi connectivity index (χ3v) is 7.43. The van der Waals surface area contributed by atoms with E-state index in [1.165, 1.54) is 0 Å². The fourth-order valence-corrected chi connectivity index (χ4v) is 5.22. The summed E-state index contributed by atoms with van der Waals surface area (Å²) in [6.07, 6.45) is 0. The summed E-state index contributed by atoms with van der Waals surface area (Å²) in [5, 5.41) is 0. The van der Waals surface area contributed by atoms with Gasteiger partial charge in [-0.3, -0.25) is 0 Å². The molecular weight excluding hydrogens is 610 g/mol. The Balaban J connectivity index is 0.000000720. The summed E-state index contributed by atoms with van der Waals surface area (Å²) in [5.74, 6) is 1.68. The van der Waals surface area contributed by atoms with Crippen LogP contribution in [0, 0.1) is 10.2 Å². The van der Waals surface area contributed by atoms with Gasteiger partial charge in [-0.25, -0.2) is 28.0 Å². The Morgan fingerprint density at radius 1 is 0.340 bits per heavy atom. The predicted octanol–water partition coefficient (Wildman–Crippen LogP) is 6.20. The van der Waals surface area contributed by atoms with Crippen molar-refractivity contribution in [3.8, 4) is 67.4 Å². The van der Waals surface area contributed by atoms with E-state index in [0.29, 0.717) is 0 Å². The largest absolute Gasteiger partial charge is 0.361 e. The molecule has 0 N–H and O–H groups in total. The number of aromatic nitrogens is 1. The molecule has 0 aliphatic carbocycles. The minimum Gasteiger partial charge on any atom is -0.248 e. The monoisotopic (exact) mass is 637 g/mol. The maximum atomic E-state index is 8.49. The number of benzene rings is 5. The zero-order chi connectivity index (χ0) is 32.6. The normalized spacial score (nSPS) is 11.0. The van der Waals surface area contributed by atoms with Crippen molar-refractivity contribution in [2.75, 3.05) is 0 Å². The highest BCUT2D eigenvalue weighted by Gasteiger charge is 2.20. The topological polar surface area (TPSA) is 116 Å². The fraction of sp³-hybridized carbons (Fsp3) is 0. The molecule has 7 rings (SSSR count). The first-order chi connectivity index (χ1) is 22.8. The molecule has 47 heavy (non-hydrogen) atoms. The van der Waals surface area contributed by atoms with E-state index in [4.69, 9.17) is 28.0 Å². The number of pyridine rings is 1. The van der Waals surface area contributed by atoms with E-state index in [9.17, 15) is 0 Å². The van der Waals surface area contributed by atoms with E-state index in [1.54, 1.807) is 0 Å². The highest BCUT2D eigenvalue weighted by Crippen LogP contribution is 2.35. The molecule has 7 aromatic rings. The SMILES string of the molecule is [O-][Cl+3]([O-])([O-])[O-].c1ccc(-c2cc(-c3ccc(-c4cc(-c5ccccc5)[o+]c(-c5ccccc5)c4)cc3)cc(-c3ccccc3)n2)cc1. The van der Waals surface area contributed by atoms with Crippen LogP contribution in [-0.4, -0.2) is 4.98 Å². The quantitative estimate of drug-likeness (QED) is 0.200. The second-order valence-electron chi connectivity index (χ2n) is 10.6. The Morgan fingerprint density at radius 3 is 0.979 bits per heavy atom. The van der Waals surface area contributed by atoms with Crippen molar-refractivity contribution in [3.63, 3.8) is 0 Å². The van der Waals surface area contributed by atoms with Gasteiger partial charge in [-0.15, -0.1) is 10.2 Å². The molecule has 0 aliphatic heterocycles. The molecule has 230 valence electrons. The Kier molecular flexibility index (Phi) is 9.59. The van der Waals surface area contributed by atoms with Gasteiger partial charge >= 0.3 is 11.5 Å². The van der Waals surface area contributed by atoms with E-state index >= 15 is 0 Å². The number of nitrogens with zero attached hydrogens (tertiary/aromatic N) is 1. The molecule has 6 nitrogen and oxygen atoms in total. The summed E-state index contributed by atoms with van der Waals surface area (Å²) in [5.41, 5.74) is 10.7. The van der Waals surface area contributed by atoms with E-state index in [-0.39, 0.29) is 0 Å². The zero-order valence-electron chi connectivity index (χ0n) is 25.0. The number of hydrogen-bond acceptors (Lipinski definition) is 5. The maximum absolute atomic E-state index is 8.49. The van der Waals surface area contributed by atoms with Gasteiger partial charge in [0.2, 0.25) is 0 Å². The zero-order valence-corrected chi connectivity index (χ0v) is 25.8. The molecule has 0 atom stereocenters. The van der Waals surface area contributed by atoms with Crippen molar-refractivity contribution in [1.29, 1.82) is 0 Å². The predicted molar refractivity (Wildman–Crippen MR) is 174 cm³/mol. The third-order valence-electron chi connectivity index (χ3n) is 7.43. The van der Waals surface area contributed by atoms with Crippen molar-refractivity contribution in [3.05, 3.63) is 170 Å². The van der Waals surface area contributed by atoms with E-state index < -0.39 is 10.2 Å². The van der Waals surface area contributed by atoms with E-state index in [2.05, 4.69) is 121 Å². The second kappa shape index (κ2) is 14.3. The third kappa shape index (κ3) is 8.42. The van der Waals surface area contributed by atoms with Crippen LogP contribution < -0.4 is 18.6 Å². The Labute approximate surface area is 274 Å². The molecule has 2 heterocycles. The molecule has 0 aliphatic rings. The smallest absolute Gasteiger partial charge is 0.248 e. The average molecular weight is 638 g/mol. The molecule has 0 unspecified atom stereocenters. The van der Waals surface area contributed by atoms with Gasteiger partial charge in [0.15, 0.2) is 0 Å². The van der Waals surface area contributed by atoms with Gasteiger partial charge in [-0.2, -0.15) is 0 Å². The van der Waals surface area contributed by atoms with Gasteiger partial charge in [-0.05, 0) is 53.1 Å². The summed E-state index contributed by atoms with van der Waals surface area (Å²) >= 11 is 0. The fourth-order valence-electron chi connectivity index (χ4n) is 5.22. The Hall–Kier alpha value is -5.47. The van der Waals surface area contributed by atoms with Crippen LogP contribution in [0.3, 0.4) is 0 Å². The summed E-state index contributed by atoms with van der Waals surface area (Å²) < 4.78 is 40.4. The van der Waals surface area contributed by atoms with Gasteiger partial charge in [-0.1, -0.05) is 121 Å². The Morgan fingerprint density at radius 2 is 0.638 bits per heavy atom. The number of halogens is 1. The van der Waals surface area contributed by atoms with Crippen molar-refractivity contribution < 1.29 is 33.3 Å². The second-order valence-corrected chi connectivity index (χ2v) is 11.4. The first kappa shape index (κ1) is 31.5. The van der Waals surface area contributed by atoms with Crippen LogP contribution in [0.5, 0.6) is 0 Å². The lowest BCUT2D eigenvalue weighted by Gasteiger charge is -2.17. The van der Waals surface area contributed by atoms with Crippen molar-refractivity contribution >= 4 is 0 Å². The minimum absolute atomic E-state index is 0.838. The van der Waals surface area contributed by atoms with Crippen LogP contribution in [0.25, 0.3) is 67.4 Å². The van der Waals surface area contributed by atoms with Crippen molar-refractivity contribution in [2.24, 2.45) is 0 Å². The van der Waals surface area contributed by atoms with Crippen LogP contribution in [0.15, 0.2) is 174 Å². The lowest BCUT2D eigenvalue weighted by atomic mass is 9.97. The highest BCUT2D eigenvalue weighted by atomic mass is 35.7. The van der Waals surface area contributed by atoms with Gasteiger partial charge in [0, 0.05) is 16.7 Å². The summed E-state index contributed by atoms with van der Waals surface area (Å²) in [6, 6.07) is 58.7. The number of rotatable bonds is 6. The molecule has 0 fully saturated rings. The standard InChI is InChI=1S/C40H28NO.ClHO4/c1-5-13-31(14-6-1)37-25-35(26-38(41-37)32-15-7-2-8-16-32)29-21-23-30(24-22-29)36-27-39(33-17-9-3-10-18-33)42-40(28-36)34-19-11-4-12-20-34;2-1(3,4)5/h1-28H;(H,2,3,4,5)/q+1;/p-1. The first-order valence-electron chi connectivity index (χ1n) is 14.7. The van der Waals surface area contributed by atoms with Crippen molar-refractivity contribution in [2.45, 2.75) is 0 Å². The molecule has 2 aromatic heterocycles. The molecule has 0 saturated heterocycles. The highest BCUT2D eigenvalue weighted by molar-refractivity contribution is 5.79. The maximum Gasteiger partial charge on any atom is 0.361 e. The van der Waals surface area contributed by atoms with Gasteiger partial charge < -0.3 is 0 Å². The first-order valence-corrected chi connectivity index (χ1v) is 16.0. The van der Waals surface area contributed by atoms with Gasteiger partial charge in [0.05, 0.1) is 34.6 Å². The molecule has 5 aromatic carbocycles. The summed E-state index contributed by atoms with van der Waals surface area (Å²) in [6.45, 7) is 0. The van der Waals surface area contributed by atoms with Gasteiger partial charge in [0.1, 0.15) is 0 Å². The molecule has 0 saturated carbocycles. The average Bonchev–Trinajstić information content (AvgIpc) is 3.12. The lowest BCUT2D eigenvalue weighted by Crippen LogP contribution is -2.68. The molecule has 0 radical (unpaired) electrons. The van der Waals surface area contributed by atoms with Crippen molar-refractivity contribution in [1.82, 2.24) is 4.98 Å². The van der Waals surface area contributed by atoms with Crippen LogP contribution in [0.2, 0.25) is 0 Å². The lowest BCUT2D eigenvalue weighted by molar-refractivity contribution is -2.00. The van der Waals surface area contributed by atoms with Gasteiger partial charge in [0.25, 0.3) is 0 Å². The summed E-state index contributed by atoms with van der Waals surface area (Å²) in [7, 11) is -4.94. The number of hydrogen-bond donors (Lipinski definition) is 0. The molecule has 0 amide bonds. The van der Waals surface area contributed by atoms with Crippen LogP contribution in [0.1, 0.15) is 0 Å². The van der Waals surface area contributed by atoms with Crippen LogP contribution >= 0.6 is 0 Å². The molecule has 0 bridgehead atoms. The van der Waals surface area contributed by atoms with Crippen LogP contribution in [-0.2, 0) is 0 Å².